The zero-order valence-corrected chi connectivity index (χ0v) is 23.5. The molecule has 0 bridgehead atoms. The summed E-state index contributed by atoms with van der Waals surface area (Å²) in [6.07, 6.45) is -1.93. The second kappa shape index (κ2) is 9.06. The highest BCUT2D eigenvalue weighted by molar-refractivity contribution is 7.86. The van der Waals surface area contributed by atoms with Crippen LogP contribution in [0.2, 0.25) is 0 Å². The first-order chi connectivity index (χ1) is 19.1. The highest BCUT2D eigenvalue weighted by Gasteiger charge is 2.80. The molecule has 12 heteroatoms. The van der Waals surface area contributed by atoms with Gasteiger partial charge >= 0.3 is 0 Å². The molecule has 4 aliphatic carbocycles. The Kier molecular flexibility index (Phi) is 6.35. The molecule has 8 nitrogen and oxygen atoms in total. The van der Waals surface area contributed by atoms with Crippen LogP contribution in [0.25, 0.3) is 0 Å². The number of fused-ring (bicyclic) bond motifs is 7. The maximum atomic E-state index is 17.5. The number of allylic oxidation sites excluding steroid dienone is 4. The van der Waals surface area contributed by atoms with Gasteiger partial charge in [-0.05, 0) is 62.0 Å². The first kappa shape index (κ1) is 28.7. The van der Waals surface area contributed by atoms with E-state index < -0.39 is 92.7 Å². The van der Waals surface area contributed by atoms with Crippen molar-refractivity contribution in [1.82, 2.24) is 0 Å². The number of aliphatic hydroxyl groups is 1. The zero-order chi connectivity index (χ0) is 29.8. The van der Waals surface area contributed by atoms with Crippen molar-refractivity contribution in [1.29, 1.82) is 0 Å². The zero-order valence-electron chi connectivity index (χ0n) is 22.7. The summed E-state index contributed by atoms with van der Waals surface area (Å²) in [5.74, 6) is -3.69. The molecule has 10 atom stereocenters. The lowest BCUT2D eigenvalue weighted by molar-refractivity contribution is -0.235. The molecule has 1 aromatic rings. The van der Waals surface area contributed by atoms with E-state index in [-0.39, 0.29) is 30.4 Å². The van der Waals surface area contributed by atoms with Crippen LogP contribution in [0.1, 0.15) is 45.0 Å². The summed E-state index contributed by atoms with van der Waals surface area (Å²) in [7, 11) is -4.04. The van der Waals surface area contributed by atoms with E-state index in [1.807, 2.05) is 0 Å². The predicted molar refractivity (Wildman–Crippen MR) is 138 cm³/mol. The lowest BCUT2D eigenvalue weighted by Crippen LogP contribution is -2.70. The molecule has 0 spiro atoms. The number of ether oxygens (including phenoxy) is 2. The molecule has 0 aromatic heterocycles. The fourth-order valence-corrected chi connectivity index (χ4v) is 8.84. The summed E-state index contributed by atoms with van der Waals surface area (Å²) in [5.41, 5.74) is -7.05. The van der Waals surface area contributed by atoms with Crippen LogP contribution >= 0.6 is 0 Å². The number of aliphatic hydroxyl groups excluding tert-OH is 1. The smallest absolute Gasteiger partial charge is 0.264 e. The van der Waals surface area contributed by atoms with Crippen molar-refractivity contribution in [2.24, 2.45) is 22.7 Å². The van der Waals surface area contributed by atoms with Crippen LogP contribution in [0, 0.1) is 28.5 Å². The maximum Gasteiger partial charge on any atom is 0.264 e. The number of Topliss-reactive ketones (excluding diaryl/α,β-unsaturated/α-hetero) is 1. The first-order valence-electron chi connectivity index (χ1n) is 13.5. The van der Waals surface area contributed by atoms with E-state index >= 15 is 8.78 Å². The molecule has 1 heterocycles. The SMILES string of the molecule is CC12C=CC(=O)C=C1[C@@H](F)CC1[C@@H]3C[C@H]4OC(c5cccc(F)c5)O[C@@]4(C(=O)COS(C)(=O)=O)[C@@]3(C)C[C@H](O)[C@@]12F. The molecule has 222 valence electrons. The summed E-state index contributed by atoms with van der Waals surface area (Å²) in [5, 5.41) is 11.6. The van der Waals surface area contributed by atoms with Gasteiger partial charge in [-0.15, -0.1) is 0 Å². The van der Waals surface area contributed by atoms with Crippen LogP contribution in [0.15, 0.2) is 48.1 Å². The molecule has 0 radical (unpaired) electrons. The van der Waals surface area contributed by atoms with Crippen molar-refractivity contribution in [3.05, 3.63) is 59.4 Å². The maximum absolute atomic E-state index is 17.5. The van der Waals surface area contributed by atoms with Gasteiger partial charge in [0.05, 0.1) is 18.5 Å². The molecular weight excluding hydrogens is 565 g/mol. The molecule has 1 saturated heterocycles. The number of hydrogen-bond donors (Lipinski definition) is 1. The standard InChI is InChI=1S/C29H31F3O8S/c1-26-8-7-17(33)10-20(26)21(31)11-19-18-12-24-29(23(35)14-38-41(3,36)37,27(18,2)13-22(34)28(19,26)32)40-25(39-24)15-5-4-6-16(30)9-15/h4-10,18-19,21-22,24-25,34H,11-14H2,1-3H3/t18-,19?,21-,22-,24+,25?,26?,27-,28-,29+/m0/s1. The minimum atomic E-state index is -4.04. The van der Waals surface area contributed by atoms with Crippen LogP contribution in [0.5, 0.6) is 0 Å². The highest BCUT2D eigenvalue weighted by atomic mass is 32.2. The van der Waals surface area contributed by atoms with Crippen LogP contribution in [0.3, 0.4) is 0 Å². The van der Waals surface area contributed by atoms with Crippen molar-refractivity contribution < 1.29 is 49.9 Å². The second-order valence-corrected chi connectivity index (χ2v) is 14.0. The first-order valence-corrected chi connectivity index (χ1v) is 15.3. The number of hydrogen-bond acceptors (Lipinski definition) is 8. The van der Waals surface area contributed by atoms with Crippen LogP contribution in [-0.2, 0) is 33.4 Å². The van der Waals surface area contributed by atoms with Crippen molar-refractivity contribution in [2.75, 3.05) is 12.9 Å². The Bertz CT molecular complexity index is 1490. The third-order valence-electron chi connectivity index (χ3n) is 10.3. The Balaban J connectivity index is 1.45. The predicted octanol–water partition coefficient (Wildman–Crippen LogP) is 3.45. The molecule has 0 amide bonds. The fraction of sp³-hybridized carbons (Fsp3) is 0.586. The molecule has 1 aromatic carbocycles. The summed E-state index contributed by atoms with van der Waals surface area (Å²) >= 11 is 0. The van der Waals surface area contributed by atoms with Gasteiger partial charge in [0.25, 0.3) is 10.1 Å². The lowest BCUT2D eigenvalue weighted by Gasteiger charge is -2.63. The summed E-state index contributed by atoms with van der Waals surface area (Å²) in [6, 6.07) is 5.39. The van der Waals surface area contributed by atoms with E-state index in [2.05, 4.69) is 0 Å². The lowest BCUT2D eigenvalue weighted by atomic mass is 9.44. The van der Waals surface area contributed by atoms with Gasteiger partial charge in [-0.2, -0.15) is 8.42 Å². The molecule has 6 rings (SSSR count). The third kappa shape index (κ3) is 3.83. The molecule has 3 unspecified atom stereocenters. The van der Waals surface area contributed by atoms with E-state index in [4.69, 9.17) is 13.7 Å². The summed E-state index contributed by atoms with van der Waals surface area (Å²) < 4.78 is 88.2. The van der Waals surface area contributed by atoms with Gasteiger partial charge in [0.15, 0.2) is 29.1 Å². The second-order valence-electron chi connectivity index (χ2n) is 12.3. The van der Waals surface area contributed by atoms with E-state index in [1.54, 1.807) is 13.0 Å². The average molecular weight is 597 g/mol. The average Bonchev–Trinajstić information content (AvgIpc) is 3.39. The van der Waals surface area contributed by atoms with Crippen molar-refractivity contribution >= 4 is 21.7 Å². The molecule has 41 heavy (non-hydrogen) atoms. The fourth-order valence-electron chi connectivity index (χ4n) is 8.52. The molecule has 5 aliphatic rings. The molecular formula is C29H31F3O8S. The van der Waals surface area contributed by atoms with Crippen LogP contribution < -0.4 is 0 Å². The van der Waals surface area contributed by atoms with Gasteiger partial charge in [-0.3, -0.25) is 13.8 Å². The topological polar surface area (TPSA) is 116 Å². The number of carbonyl (C=O) groups excluding carboxylic acids is 2. The highest BCUT2D eigenvalue weighted by Crippen LogP contribution is 2.72. The number of halogens is 3. The van der Waals surface area contributed by atoms with Crippen LogP contribution in [-0.4, -0.2) is 67.6 Å². The third-order valence-corrected chi connectivity index (χ3v) is 10.9. The number of ketones is 2. The van der Waals surface area contributed by atoms with Crippen molar-refractivity contribution in [2.45, 2.75) is 69.0 Å². The van der Waals surface area contributed by atoms with E-state index in [9.17, 15) is 27.5 Å². The van der Waals surface area contributed by atoms with Gasteiger partial charge in [-0.1, -0.05) is 25.1 Å². The van der Waals surface area contributed by atoms with E-state index in [0.29, 0.717) is 0 Å². The van der Waals surface area contributed by atoms with Crippen molar-refractivity contribution in [3.63, 3.8) is 0 Å². The minimum absolute atomic E-state index is 0.0283. The largest absolute Gasteiger partial charge is 0.390 e. The number of rotatable bonds is 5. The van der Waals surface area contributed by atoms with E-state index in [0.717, 1.165) is 12.3 Å². The Morgan fingerprint density at radius 3 is 2.63 bits per heavy atom. The van der Waals surface area contributed by atoms with E-state index in [1.165, 1.54) is 37.3 Å². The normalized spacial score (nSPS) is 45.0. The van der Waals surface area contributed by atoms with Gasteiger partial charge in [0.1, 0.15) is 18.6 Å². The Morgan fingerprint density at radius 1 is 1.22 bits per heavy atom. The molecule has 4 fully saturated rings. The number of carbonyl (C=O) groups is 2. The molecule has 1 N–H and O–H groups in total. The monoisotopic (exact) mass is 596 g/mol. The van der Waals surface area contributed by atoms with Gasteiger partial charge < -0.3 is 14.6 Å². The quantitative estimate of drug-likeness (QED) is 0.514. The van der Waals surface area contributed by atoms with Gasteiger partial charge in [0, 0.05) is 22.3 Å². The number of alkyl halides is 2. The molecule has 1 aliphatic heterocycles. The Morgan fingerprint density at radius 2 is 1.95 bits per heavy atom. The van der Waals surface area contributed by atoms with Gasteiger partial charge in [-0.25, -0.2) is 13.2 Å². The molecule has 3 saturated carbocycles. The van der Waals surface area contributed by atoms with Crippen LogP contribution in [0.4, 0.5) is 13.2 Å². The minimum Gasteiger partial charge on any atom is -0.390 e. The van der Waals surface area contributed by atoms with Crippen molar-refractivity contribution in [3.8, 4) is 0 Å². The Hall–Kier alpha value is -2.38. The summed E-state index contributed by atoms with van der Waals surface area (Å²) in [6.45, 7) is 2.20. The Labute approximate surface area is 235 Å². The number of benzene rings is 1. The van der Waals surface area contributed by atoms with Gasteiger partial charge in [0.2, 0.25) is 0 Å². The summed E-state index contributed by atoms with van der Waals surface area (Å²) in [4.78, 5) is 26.0.